The molecule has 2 aromatic rings. The van der Waals surface area contributed by atoms with Crippen LogP contribution >= 0.6 is 0 Å². The Balaban J connectivity index is 2.21. The van der Waals surface area contributed by atoms with Crippen molar-refractivity contribution in [3.63, 3.8) is 0 Å². The first-order valence-electron chi connectivity index (χ1n) is 12.4. The van der Waals surface area contributed by atoms with Gasteiger partial charge in [0, 0.05) is 0 Å². The second kappa shape index (κ2) is 14.5. The van der Waals surface area contributed by atoms with E-state index in [4.69, 9.17) is 4.74 Å². The third-order valence-corrected chi connectivity index (χ3v) is 11.6. The predicted molar refractivity (Wildman–Crippen MR) is 141 cm³/mol. The molecule has 0 aliphatic rings. The van der Waals surface area contributed by atoms with Crippen LogP contribution in [0.3, 0.4) is 0 Å². The van der Waals surface area contributed by atoms with Crippen molar-refractivity contribution in [2.24, 2.45) is 0 Å². The zero-order valence-corrected chi connectivity index (χ0v) is 23.7. The first-order chi connectivity index (χ1) is 16.0. The van der Waals surface area contributed by atoms with E-state index in [0.717, 1.165) is 11.1 Å². The molecule has 0 bridgehead atoms. The fourth-order valence-corrected chi connectivity index (χ4v) is 9.72. The van der Waals surface area contributed by atoms with Crippen LogP contribution in [0.1, 0.15) is 94.5 Å². The summed E-state index contributed by atoms with van der Waals surface area (Å²) in [6, 6.07) is 13.5. The Hall–Kier alpha value is -1.75. The molecule has 4 heteroatoms. The van der Waals surface area contributed by atoms with Crippen molar-refractivity contribution >= 4 is 36.6 Å². The molecule has 33 heavy (non-hydrogen) atoms. The summed E-state index contributed by atoms with van der Waals surface area (Å²) >= 11 is -0.868. The van der Waals surface area contributed by atoms with E-state index in [-0.39, 0.29) is 11.5 Å². The average molecular weight is 555 g/mol. The average Bonchev–Trinajstić information content (AvgIpc) is 2.84. The molecule has 1 N–H and O–H groups in total. The molecule has 0 heterocycles. The topological polar surface area (TPSA) is 46.5 Å². The number of methoxy groups -OCH3 is 1. The van der Waals surface area contributed by atoms with Crippen LogP contribution in [0, 0.1) is 0 Å². The Morgan fingerprint density at radius 1 is 0.970 bits per heavy atom. The molecular formula is C29H40O3Sn. The fraction of sp³-hybridized carbons (Fsp3) is 0.483. The zero-order valence-electron chi connectivity index (χ0n) is 20.8. The number of carbonyl (C=O) groups is 1. The van der Waals surface area contributed by atoms with Gasteiger partial charge in [-0.1, -0.05) is 0 Å². The van der Waals surface area contributed by atoms with Crippen LogP contribution in [-0.4, -0.2) is 39.1 Å². The monoisotopic (exact) mass is 556 g/mol. The Labute approximate surface area is 210 Å². The summed E-state index contributed by atoms with van der Waals surface area (Å²) in [5, 5.41) is 9.76. The molecule has 2 rings (SSSR count). The second-order valence-corrected chi connectivity index (χ2v) is 14.3. The van der Waals surface area contributed by atoms with Gasteiger partial charge >= 0.3 is 211 Å². The van der Waals surface area contributed by atoms with E-state index in [1.807, 2.05) is 6.07 Å². The van der Waals surface area contributed by atoms with E-state index in [9.17, 15) is 9.90 Å². The molecule has 0 fully saturated rings. The molecule has 2 aromatic carbocycles. The third-order valence-electron chi connectivity index (χ3n) is 6.21. The van der Waals surface area contributed by atoms with Crippen molar-refractivity contribution in [3.8, 4) is 11.5 Å². The minimum absolute atomic E-state index is 0.0181. The van der Waals surface area contributed by atoms with Gasteiger partial charge in [0.15, 0.2) is 0 Å². The maximum absolute atomic E-state index is 12.9. The molecule has 3 nitrogen and oxygen atoms in total. The number of hydrogen-bond donors (Lipinski definition) is 1. The predicted octanol–water partition coefficient (Wildman–Crippen LogP) is 7.36. The number of rotatable bonds is 15. The Kier molecular flexibility index (Phi) is 12.1. The summed E-state index contributed by atoms with van der Waals surface area (Å²) in [6.45, 7) is 6.89. The number of ketones is 1. The van der Waals surface area contributed by atoms with Gasteiger partial charge < -0.3 is 0 Å². The van der Waals surface area contributed by atoms with Crippen molar-refractivity contribution in [3.05, 3.63) is 59.7 Å². The number of benzene rings is 2. The molecule has 0 saturated heterocycles. The summed E-state index contributed by atoms with van der Waals surface area (Å²) < 4.78 is 7.10. The number of phenols is 1. The first kappa shape index (κ1) is 27.5. The summed E-state index contributed by atoms with van der Waals surface area (Å²) in [5.41, 5.74) is 1.59. The van der Waals surface area contributed by atoms with E-state index in [0.29, 0.717) is 9.18 Å². The van der Waals surface area contributed by atoms with Crippen LogP contribution in [0.15, 0.2) is 48.5 Å². The second-order valence-electron chi connectivity index (χ2n) is 8.93. The molecule has 2 radical (unpaired) electrons. The molecule has 0 amide bonds. The molecule has 0 spiro atoms. The van der Waals surface area contributed by atoms with Crippen molar-refractivity contribution < 1.29 is 14.6 Å². The van der Waals surface area contributed by atoms with E-state index in [1.54, 1.807) is 30.4 Å². The number of allylic oxidation sites excluding steroid dienone is 1. The van der Waals surface area contributed by atoms with Gasteiger partial charge in [-0.2, -0.15) is 0 Å². The standard InChI is InChI=1S/C16H13O3.C13H27.Sn/c1-19-16-11-12(8-10-15(16)18)7-9-14(17)13-5-3-2-4-6-13;1-4-7-10-13(11-8-5-2)12-9-6-3;/h2-3,5-11,18H,1H3;4-12H2,1-3H3;/b9-7+;;. The Morgan fingerprint density at radius 2 is 1.61 bits per heavy atom. The normalized spacial score (nSPS) is 11.8. The van der Waals surface area contributed by atoms with Gasteiger partial charge in [-0.3, -0.25) is 0 Å². The van der Waals surface area contributed by atoms with E-state index in [2.05, 4.69) is 39.0 Å². The van der Waals surface area contributed by atoms with E-state index >= 15 is 0 Å². The molecular weight excluding hydrogens is 515 g/mol. The third kappa shape index (κ3) is 8.84. The van der Waals surface area contributed by atoms with Crippen LogP contribution in [-0.2, 0) is 0 Å². The van der Waals surface area contributed by atoms with Crippen LogP contribution in [0.2, 0.25) is 3.43 Å². The van der Waals surface area contributed by atoms with Gasteiger partial charge in [0.05, 0.1) is 0 Å². The number of aromatic hydroxyl groups is 1. The Morgan fingerprint density at radius 3 is 2.18 bits per heavy atom. The van der Waals surface area contributed by atoms with Crippen molar-refractivity contribution in [2.75, 3.05) is 7.11 Å². The van der Waals surface area contributed by atoms with Crippen LogP contribution in [0.25, 0.3) is 6.08 Å². The zero-order chi connectivity index (χ0) is 24.1. The van der Waals surface area contributed by atoms with Gasteiger partial charge in [0.25, 0.3) is 0 Å². The molecule has 0 saturated carbocycles. The summed E-state index contributed by atoms with van der Waals surface area (Å²) in [4.78, 5) is 12.9. The van der Waals surface area contributed by atoms with Crippen LogP contribution in [0.5, 0.6) is 11.5 Å². The summed E-state index contributed by atoms with van der Waals surface area (Å²) in [5.74, 6) is 0.517. The van der Waals surface area contributed by atoms with Crippen molar-refractivity contribution in [2.45, 2.75) is 82.0 Å². The summed E-state index contributed by atoms with van der Waals surface area (Å²) in [7, 11) is 1.52. The maximum atomic E-state index is 12.9. The fourth-order valence-electron chi connectivity index (χ4n) is 4.23. The minimum atomic E-state index is -0.868. The summed E-state index contributed by atoms with van der Waals surface area (Å²) in [6.07, 6.45) is 15.1. The molecule has 0 aliphatic heterocycles. The van der Waals surface area contributed by atoms with Gasteiger partial charge in [-0.25, -0.2) is 0 Å². The van der Waals surface area contributed by atoms with Crippen molar-refractivity contribution in [1.29, 1.82) is 0 Å². The van der Waals surface area contributed by atoms with Gasteiger partial charge in [-0.05, 0) is 0 Å². The van der Waals surface area contributed by atoms with Gasteiger partial charge in [0.1, 0.15) is 0 Å². The number of carbonyl (C=O) groups excluding carboxylic acids is 1. The van der Waals surface area contributed by atoms with Crippen LogP contribution < -0.4 is 8.32 Å². The molecule has 178 valence electrons. The van der Waals surface area contributed by atoms with E-state index in [1.165, 1.54) is 68.5 Å². The van der Waals surface area contributed by atoms with Gasteiger partial charge in [-0.15, -0.1) is 0 Å². The first-order valence-corrected chi connectivity index (χ1v) is 15.3. The quantitative estimate of drug-likeness (QED) is 0.142. The Bertz CT molecular complexity index is 882. The number of unbranched alkanes of at least 4 members (excludes halogenated alkanes) is 3. The molecule has 0 unspecified atom stereocenters. The number of ether oxygens (including phenoxy) is 1. The number of hydrogen-bond acceptors (Lipinski definition) is 3. The van der Waals surface area contributed by atoms with Gasteiger partial charge in [0.2, 0.25) is 0 Å². The molecule has 0 aliphatic carbocycles. The SMILES string of the molecule is CCCC[C](CCCC)(CCCC)[Sn][c]1cccc(C(=O)/C=C/c2ccc(O)c(OC)c2)c1. The molecule has 0 atom stereocenters. The molecule has 0 aromatic heterocycles. The van der Waals surface area contributed by atoms with Crippen LogP contribution in [0.4, 0.5) is 0 Å². The number of phenolic OH excluding ortho intramolecular Hbond substituents is 1. The van der Waals surface area contributed by atoms with Crippen molar-refractivity contribution in [1.82, 2.24) is 0 Å². The van der Waals surface area contributed by atoms with E-state index < -0.39 is 21.1 Å².